The number of ether oxygens (including phenoxy) is 2. The molecule has 1 saturated heterocycles. The van der Waals surface area contributed by atoms with Crippen LogP contribution >= 0.6 is 0 Å². The van der Waals surface area contributed by atoms with Gasteiger partial charge in [0.15, 0.2) is 11.5 Å². The van der Waals surface area contributed by atoms with Gasteiger partial charge in [-0.15, -0.1) is 0 Å². The number of hydrogen-bond donors (Lipinski definition) is 3. The summed E-state index contributed by atoms with van der Waals surface area (Å²) in [7, 11) is 0. The molecule has 9 nitrogen and oxygen atoms in total. The summed E-state index contributed by atoms with van der Waals surface area (Å²) in [5, 5.41) is 3.06. The first kappa shape index (κ1) is 20.3. The third-order valence-corrected chi connectivity index (χ3v) is 5.87. The molecular formula is C21H28N4O5. The summed E-state index contributed by atoms with van der Waals surface area (Å²) in [4.78, 5) is 39.1. The molecule has 30 heavy (non-hydrogen) atoms. The van der Waals surface area contributed by atoms with E-state index >= 15 is 0 Å². The predicted octanol–water partition coefficient (Wildman–Crippen LogP) is 1.34. The van der Waals surface area contributed by atoms with Crippen molar-refractivity contribution in [1.82, 2.24) is 21.1 Å². The lowest BCUT2D eigenvalue weighted by Crippen LogP contribution is -2.55. The number of benzene rings is 1. The normalized spacial score (nSPS) is 23.5. The Labute approximate surface area is 175 Å². The minimum Gasteiger partial charge on any atom is -0.485 e. The van der Waals surface area contributed by atoms with Gasteiger partial charge in [-0.1, -0.05) is 25.0 Å². The van der Waals surface area contributed by atoms with E-state index in [1.807, 2.05) is 6.07 Å². The van der Waals surface area contributed by atoms with E-state index in [0.29, 0.717) is 31.0 Å². The molecular weight excluding hydrogens is 388 g/mol. The minimum absolute atomic E-state index is 0.0667. The average Bonchev–Trinajstić information content (AvgIpc) is 3.30. The van der Waals surface area contributed by atoms with Gasteiger partial charge in [0, 0.05) is 19.1 Å². The summed E-state index contributed by atoms with van der Waals surface area (Å²) in [5.74, 6) is -0.0730. The molecule has 162 valence electrons. The molecule has 1 saturated carbocycles. The summed E-state index contributed by atoms with van der Waals surface area (Å²) >= 11 is 0. The molecule has 9 heteroatoms. The Morgan fingerprint density at radius 2 is 1.67 bits per heavy atom. The molecule has 3 N–H and O–H groups in total. The van der Waals surface area contributed by atoms with Gasteiger partial charge in [0.2, 0.25) is 12.0 Å². The van der Waals surface area contributed by atoms with Crippen molar-refractivity contribution in [3.63, 3.8) is 0 Å². The second kappa shape index (κ2) is 9.23. The molecule has 3 aliphatic rings. The number of urea groups is 1. The molecule has 2 aliphatic heterocycles. The Bertz CT molecular complexity index is 795. The summed E-state index contributed by atoms with van der Waals surface area (Å²) in [6.07, 6.45) is 4.92. The van der Waals surface area contributed by atoms with Crippen LogP contribution in [-0.2, 0) is 9.59 Å². The molecule has 0 bridgehead atoms. The van der Waals surface area contributed by atoms with Crippen LogP contribution in [0.4, 0.5) is 4.79 Å². The Hall–Kier alpha value is -2.97. The molecule has 0 unspecified atom stereocenters. The first-order valence-corrected chi connectivity index (χ1v) is 10.6. The lowest BCUT2D eigenvalue weighted by Gasteiger charge is -2.33. The zero-order chi connectivity index (χ0) is 20.9. The van der Waals surface area contributed by atoms with E-state index in [1.54, 1.807) is 23.1 Å². The van der Waals surface area contributed by atoms with Gasteiger partial charge in [-0.3, -0.25) is 20.4 Å². The Morgan fingerprint density at radius 1 is 0.933 bits per heavy atom. The number of nitrogens with one attached hydrogen (secondary N) is 3. The quantitative estimate of drug-likeness (QED) is 0.645. The molecule has 0 radical (unpaired) electrons. The molecule has 2 heterocycles. The number of hydrogen-bond acceptors (Lipinski definition) is 5. The molecule has 4 amide bonds. The van der Waals surface area contributed by atoms with E-state index < -0.39 is 12.0 Å². The monoisotopic (exact) mass is 416 g/mol. The van der Waals surface area contributed by atoms with Crippen molar-refractivity contribution in [1.29, 1.82) is 0 Å². The fraction of sp³-hybridized carbons (Fsp3) is 0.571. The highest BCUT2D eigenvalue weighted by Gasteiger charge is 2.31. The van der Waals surface area contributed by atoms with E-state index in [1.165, 1.54) is 0 Å². The number of carbonyl (C=O) groups excluding carboxylic acids is 3. The predicted molar refractivity (Wildman–Crippen MR) is 108 cm³/mol. The van der Waals surface area contributed by atoms with E-state index in [9.17, 15) is 14.4 Å². The molecule has 1 aliphatic carbocycles. The summed E-state index contributed by atoms with van der Waals surface area (Å²) < 4.78 is 11.2. The van der Waals surface area contributed by atoms with E-state index in [-0.39, 0.29) is 30.5 Å². The molecule has 2 atom stereocenters. The number of fused-ring (bicyclic) bond motifs is 1. The number of para-hydroxylation sites is 2. The van der Waals surface area contributed by atoms with Crippen molar-refractivity contribution in [2.75, 3.05) is 19.7 Å². The molecule has 4 rings (SSSR count). The molecule has 1 aromatic rings. The highest BCUT2D eigenvalue weighted by Crippen LogP contribution is 2.30. The zero-order valence-corrected chi connectivity index (χ0v) is 16.9. The van der Waals surface area contributed by atoms with Gasteiger partial charge in [0.25, 0.3) is 5.91 Å². The number of likely N-dealkylation sites (tertiary alicyclic amines) is 1. The van der Waals surface area contributed by atoms with Crippen molar-refractivity contribution in [2.24, 2.45) is 5.92 Å². The minimum atomic E-state index is -0.847. The largest absolute Gasteiger partial charge is 0.485 e. The van der Waals surface area contributed by atoms with Gasteiger partial charge in [0.05, 0.1) is 5.92 Å². The number of nitrogens with zero attached hydrogens (tertiary/aromatic N) is 1. The van der Waals surface area contributed by atoms with Crippen molar-refractivity contribution in [2.45, 2.75) is 50.7 Å². The van der Waals surface area contributed by atoms with Crippen LogP contribution in [0.15, 0.2) is 24.3 Å². The Morgan fingerprint density at radius 3 is 2.47 bits per heavy atom. The number of hydrazine groups is 1. The third-order valence-electron chi connectivity index (χ3n) is 5.87. The molecule has 0 spiro atoms. The van der Waals surface area contributed by atoms with E-state index in [2.05, 4.69) is 16.2 Å². The first-order valence-electron chi connectivity index (χ1n) is 10.6. The third kappa shape index (κ3) is 4.77. The topological polar surface area (TPSA) is 109 Å². The SMILES string of the molecule is O=C(NNC(=O)[C@H]1COc2ccccc2O1)[C@@H]1CCCN(C(=O)NC2CCCC2)C1. The van der Waals surface area contributed by atoms with Gasteiger partial charge in [-0.25, -0.2) is 4.79 Å². The van der Waals surface area contributed by atoms with Gasteiger partial charge < -0.3 is 19.7 Å². The maximum absolute atomic E-state index is 12.5. The van der Waals surface area contributed by atoms with Crippen molar-refractivity contribution < 1.29 is 23.9 Å². The van der Waals surface area contributed by atoms with Crippen molar-refractivity contribution in [3.8, 4) is 11.5 Å². The zero-order valence-electron chi connectivity index (χ0n) is 16.9. The standard InChI is InChI=1S/C21H28N4O5/c26-19(14-6-5-11-25(12-14)21(28)22-15-7-1-2-8-15)23-24-20(27)18-13-29-16-9-3-4-10-17(16)30-18/h3-4,9-10,14-15,18H,1-2,5-8,11-13H2,(H,22,28)(H,23,26)(H,24,27)/t14-,18-/m1/s1. The summed E-state index contributed by atoms with van der Waals surface area (Å²) in [6, 6.07) is 7.25. The number of amides is 4. The Kier molecular flexibility index (Phi) is 6.25. The van der Waals surface area contributed by atoms with Crippen LogP contribution in [-0.4, -0.2) is 54.6 Å². The lowest BCUT2D eigenvalue weighted by atomic mass is 9.97. The van der Waals surface area contributed by atoms with Crippen LogP contribution in [0, 0.1) is 5.92 Å². The van der Waals surface area contributed by atoms with Crippen LogP contribution in [0.3, 0.4) is 0 Å². The first-order chi connectivity index (χ1) is 14.6. The fourth-order valence-electron chi connectivity index (χ4n) is 4.17. The van der Waals surface area contributed by atoms with Crippen molar-refractivity contribution in [3.05, 3.63) is 24.3 Å². The Balaban J connectivity index is 1.23. The number of carbonyl (C=O) groups is 3. The highest BCUT2D eigenvalue weighted by molar-refractivity contribution is 5.86. The van der Waals surface area contributed by atoms with Crippen LogP contribution in [0.5, 0.6) is 11.5 Å². The van der Waals surface area contributed by atoms with E-state index in [4.69, 9.17) is 9.47 Å². The summed E-state index contributed by atoms with van der Waals surface area (Å²) in [5.41, 5.74) is 4.89. The molecule has 1 aromatic carbocycles. The maximum Gasteiger partial charge on any atom is 0.317 e. The van der Waals surface area contributed by atoms with Crippen LogP contribution < -0.4 is 25.6 Å². The molecule has 2 fully saturated rings. The van der Waals surface area contributed by atoms with Crippen LogP contribution in [0.1, 0.15) is 38.5 Å². The fourth-order valence-corrected chi connectivity index (χ4v) is 4.17. The van der Waals surface area contributed by atoms with Crippen LogP contribution in [0.25, 0.3) is 0 Å². The van der Waals surface area contributed by atoms with Gasteiger partial charge in [0.1, 0.15) is 6.61 Å². The maximum atomic E-state index is 12.5. The van der Waals surface area contributed by atoms with E-state index in [0.717, 1.165) is 32.1 Å². The molecule has 0 aromatic heterocycles. The van der Waals surface area contributed by atoms with Gasteiger partial charge in [-0.05, 0) is 37.8 Å². The highest BCUT2D eigenvalue weighted by atomic mass is 16.6. The van der Waals surface area contributed by atoms with Crippen LogP contribution in [0.2, 0.25) is 0 Å². The van der Waals surface area contributed by atoms with Crippen molar-refractivity contribution >= 4 is 17.8 Å². The second-order valence-corrected chi connectivity index (χ2v) is 8.06. The second-order valence-electron chi connectivity index (χ2n) is 8.06. The van der Waals surface area contributed by atoms with Gasteiger partial charge in [-0.2, -0.15) is 0 Å². The van der Waals surface area contributed by atoms with Gasteiger partial charge >= 0.3 is 6.03 Å². The number of rotatable bonds is 3. The smallest absolute Gasteiger partial charge is 0.317 e. The lowest BCUT2D eigenvalue weighted by molar-refractivity contribution is -0.136. The number of piperidine rings is 1. The average molecular weight is 416 g/mol. The summed E-state index contributed by atoms with van der Waals surface area (Å²) in [6.45, 7) is 1.05.